The molecule has 1 N–H and O–H groups in total. The summed E-state index contributed by atoms with van der Waals surface area (Å²) in [4.78, 5) is 6.81. The van der Waals surface area contributed by atoms with Crippen molar-refractivity contribution in [3.05, 3.63) is 11.7 Å². The summed E-state index contributed by atoms with van der Waals surface area (Å²) in [6.07, 6.45) is 6.05. The zero-order chi connectivity index (χ0) is 13.7. The molecule has 1 aromatic rings. The van der Waals surface area contributed by atoms with Gasteiger partial charge in [-0.1, -0.05) is 18.5 Å². The molecule has 0 aromatic carbocycles. The highest BCUT2D eigenvalue weighted by Crippen LogP contribution is 2.23. The van der Waals surface area contributed by atoms with Gasteiger partial charge in [0.1, 0.15) is 0 Å². The van der Waals surface area contributed by atoms with Gasteiger partial charge in [0.25, 0.3) is 0 Å². The molecule has 5 nitrogen and oxygen atoms in total. The first-order valence-electron chi connectivity index (χ1n) is 7.42. The fourth-order valence-electron chi connectivity index (χ4n) is 2.73. The molecule has 1 aromatic heterocycles. The summed E-state index contributed by atoms with van der Waals surface area (Å²) in [7, 11) is 0. The van der Waals surface area contributed by atoms with Gasteiger partial charge in [0.15, 0.2) is 5.82 Å². The minimum absolute atomic E-state index is 0.240. The number of aryl methyl sites for hydroxylation is 1. The summed E-state index contributed by atoms with van der Waals surface area (Å²) in [5.41, 5.74) is 0. The predicted molar refractivity (Wildman–Crippen MR) is 72.6 cm³/mol. The SMILES string of the molecule is CCCCc1nc(CN2CCCC2CC(C)O)no1. The predicted octanol–water partition coefficient (Wildman–Crippen LogP) is 2.15. The lowest BCUT2D eigenvalue weighted by molar-refractivity contribution is 0.129. The van der Waals surface area contributed by atoms with Crippen LogP contribution in [0.2, 0.25) is 0 Å². The van der Waals surface area contributed by atoms with E-state index >= 15 is 0 Å². The van der Waals surface area contributed by atoms with Crippen LogP contribution in [0.15, 0.2) is 4.52 Å². The van der Waals surface area contributed by atoms with Crippen molar-refractivity contribution in [1.29, 1.82) is 0 Å². The Labute approximate surface area is 115 Å². The molecule has 1 aliphatic rings. The zero-order valence-electron chi connectivity index (χ0n) is 12.0. The molecular weight excluding hydrogens is 242 g/mol. The van der Waals surface area contributed by atoms with E-state index in [0.717, 1.165) is 56.9 Å². The van der Waals surface area contributed by atoms with Gasteiger partial charge in [-0.3, -0.25) is 4.90 Å². The zero-order valence-corrected chi connectivity index (χ0v) is 12.0. The van der Waals surface area contributed by atoms with Gasteiger partial charge in [-0.05, 0) is 39.2 Å². The molecule has 0 amide bonds. The third-order valence-corrected chi connectivity index (χ3v) is 3.71. The molecule has 1 aliphatic heterocycles. The van der Waals surface area contributed by atoms with Gasteiger partial charge < -0.3 is 9.63 Å². The molecule has 19 heavy (non-hydrogen) atoms. The summed E-state index contributed by atoms with van der Waals surface area (Å²) in [6.45, 7) is 5.82. The number of nitrogens with zero attached hydrogens (tertiary/aromatic N) is 3. The fraction of sp³-hybridized carbons (Fsp3) is 0.857. The first kappa shape index (κ1) is 14.5. The summed E-state index contributed by atoms with van der Waals surface area (Å²) < 4.78 is 5.26. The maximum atomic E-state index is 9.52. The lowest BCUT2D eigenvalue weighted by atomic mass is 10.1. The minimum Gasteiger partial charge on any atom is -0.393 e. The third kappa shape index (κ3) is 4.28. The van der Waals surface area contributed by atoms with Crippen LogP contribution in [-0.2, 0) is 13.0 Å². The van der Waals surface area contributed by atoms with Gasteiger partial charge in [-0.2, -0.15) is 4.98 Å². The number of unbranched alkanes of at least 4 members (excludes halogenated alkanes) is 1. The van der Waals surface area contributed by atoms with Crippen LogP contribution in [0.5, 0.6) is 0 Å². The van der Waals surface area contributed by atoms with Crippen molar-refractivity contribution in [1.82, 2.24) is 15.0 Å². The van der Waals surface area contributed by atoms with Crippen LogP contribution >= 0.6 is 0 Å². The van der Waals surface area contributed by atoms with Gasteiger partial charge in [-0.15, -0.1) is 0 Å². The second-order valence-electron chi connectivity index (χ2n) is 5.56. The summed E-state index contributed by atoms with van der Waals surface area (Å²) in [5.74, 6) is 1.53. The quantitative estimate of drug-likeness (QED) is 0.820. The lowest BCUT2D eigenvalue weighted by Gasteiger charge is -2.23. The van der Waals surface area contributed by atoms with E-state index in [1.165, 1.54) is 6.42 Å². The van der Waals surface area contributed by atoms with Crippen LogP contribution in [0.1, 0.15) is 57.7 Å². The van der Waals surface area contributed by atoms with Crippen LogP contribution < -0.4 is 0 Å². The monoisotopic (exact) mass is 267 g/mol. The number of rotatable bonds is 7. The third-order valence-electron chi connectivity index (χ3n) is 3.71. The van der Waals surface area contributed by atoms with Gasteiger partial charge in [0, 0.05) is 12.5 Å². The maximum absolute atomic E-state index is 9.52. The van der Waals surface area contributed by atoms with E-state index in [4.69, 9.17) is 4.52 Å². The normalized spacial score (nSPS) is 21.9. The number of aromatic nitrogens is 2. The number of likely N-dealkylation sites (tertiary alicyclic amines) is 1. The van der Waals surface area contributed by atoms with Crippen molar-refractivity contribution in [3.8, 4) is 0 Å². The average molecular weight is 267 g/mol. The Bertz CT molecular complexity index is 379. The average Bonchev–Trinajstić information content (AvgIpc) is 2.97. The topological polar surface area (TPSA) is 62.4 Å². The van der Waals surface area contributed by atoms with Crippen molar-refractivity contribution in [2.45, 2.75) is 71.1 Å². The summed E-state index contributed by atoms with van der Waals surface area (Å²) in [5, 5.41) is 13.6. The molecule has 1 saturated heterocycles. The van der Waals surface area contributed by atoms with Crippen molar-refractivity contribution in [2.75, 3.05) is 6.54 Å². The second-order valence-corrected chi connectivity index (χ2v) is 5.56. The van der Waals surface area contributed by atoms with Crippen LogP contribution in [-0.4, -0.2) is 38.8 Å². The minimum atomic E-state index is -0.240. The first-order valence-corrected chi connectivity index (χ1v) is 7.42. The molecule has 0 saturated carbocycles. The smallest absolute Gasteiger partial charge is 0.226 e. The Morgan fingerprint density at radius 3 is 3.11 bits per heavy atom. The Hall–Kier alpha value is -0.940. The van der Waals surface area contributed by atoms with E-state index in [0.29, 0.717) is 6.04 Å². The highest BCUT2D eigenvalue weighted by atomic mass is 16.5. The van der Waals surface area contributed by atoms with Gasteiger partial charge >= 0.3 is 0 Å². The Morgan fingerprint density at radius 2 is 2.37 bits per heavy atom. The molecule has 5 heteroatoms. The fourth-order valence-corrected chi connectivity index (χ4v) is 2.73. The molecule has 2 unspecified atom stereocenters. The molecule has 2 rings (SSSR count). The van der Waals surface area contributed by atoms with E-state index in [1.807, 2.05) is 6.92 Å². The molecule has 108 valence electrons. The highest BCUT2D eigenvalue weighted by molar-refractivity contribution is 4.90. The maximum Gasteiger partial charge on any atom is 0.226 e. The highest BCUT2D eigenvalue weighted by Gasteiger charge is 2.26. The summed E-state index contributed by atoms with van der Waals surface area (Å²) in [6, 6.07) is 0.456. The van der Waals surface area contributed by atoms with E-state index < -0.39 is 0 Å². The van der Waals surface area contributed by atoms with Crippen molar-refractivity contribution >= 4 is 0 Å². The van der Waals surface area contributed by atoms with Gasteiger partial charge in [0.05, 0.1) is 12.6 Å². The number of hydrogen-bond acceptors (Lipinski definition) is 5. The van der Waals surface area contributed by atoms with E-state index in [1.54, 1.807) is 0 Å². The summed E-state index contributed by atoms with van der Waals surface area (Å²) >= 11 is 0. The van der Waals surface area contributed by atoms with Crippen LogP contribution in [0.3, 0.4) is 0 Å². The first-order chi connectivity index (χ1) is 9.19. The standard InChI is InChI=1S/C14H25N3O2/c1-3-4-7-14-15-13(16-19-14)10-17-8-5-6-12(17)9-11(2)18/h11-12,18H,3-10H2,1-2H3. The number of aliphatic hydroxyl groups excluding tert-OH is 1. The molecule has 2 atom stereocenters. The molecule has 2 heterocycles. The van der Waals surface area contributed by atoms with Gasteiger partial charge in [-0.25, -0.2) is 0 Å². The second kappa shape index (κ2) is 7.01. The van der Waals surface area contributed by atoms with E-state index in [9.17, 15) is 5.11 Å². The Balaban J connectivity index is 1.87. The van der Waals surface area contributed by atoms with Crippen molar-refractivity contribution < 1.29 is 9.63 Å². The number of hydrogen-bond donors (Lipinski definition) is 1. The molecular formula is C14H25N3O2. The molecule has 1 fully saturated rings. The van der Waals surface area contributed by atoms with Crippen LogP contribution in [0.4, 0.5) is 0 Å². The van der Waals surface area contributed by atoms with Crippen LogP contribution in [0, 0.1) is 0 Å². The van der Waals surface area contributed by atoms with Crippen molar-refractivity contribution in [2.24, 2.45) is 0 Å². The van der Waals surface area contributed by atoms with Crippen molar-refractivity contribution in [3.63, 3.8) is 0 Å². The van der Waals surface area contributed by atoms with Gasteiger partial charge in [0.2, 0.25) is 5.89 Å². The number of aliphatic hydroxyl groups is 1. The molecule has 0 bridgehead atoms. The largest absolute Gasteiger partial charge is 0.393 e. The molecule has 0 radical (unpaired) electrons. The lowest BCUT2D eigenvalue weighted by Crippen LogP contribution is -2.31. The van der Waals surface area contributed by atoms with E-state index in [2.05, 4.69) is 22.0 Å². The Kier molecular flexibility index (Phi) is 5.34. The van der Waals surface area contributed by atoms with Crippen LogP contribution in [0.25, 0.3) is 0 Å². The molecule has 0 aliphatic carbocycles. The Morgan fingerprint density at radius 1 is 1.53 bits per heavy atom. The molecule has 0 spiro atoms. The van der Waals surface area contributed by atoms with E-state index in [-0.39, 0.29) is 6.10 Å².